The molecule has 2 aliphatic rings. The van der Waals surface area contributed by atoms with Crippen LogP contribution < -0.4 is 10.3 Å². The molecule has 1 aliphatic carbocycles. The van der Waals surface area contributed by atoms with Crippen LogP contribution in [0.4, 0.5) is 5.82 Å². The van der Waals surface area contributed by atoms with Gasteiger partial charge in [0.15, 0.2) is 5.82 Å². The second kappa shape index (κ2) is 6.72. The molecule has 1 unspecified atom stereocenters. The van der Waals surface area contributed by atoms with Crippen molar-refractivity contribution >= 4 is 34.2 Å². The number of rotatable bonds is 6. The lowest BCUT2D eigenvalue weighted by molar-refractivity contribution is -0.00304. The van der Waals surface area contributed by atoms with Gasteiger partial charge in [-0.05, 0) is 37.8 Å². The van der Waals surface area contributed by atoms with Gasteiger partial charge >= 0.3 is 0 Å². The van der Waals surface area contributed by atoms with Crippen molar-refractivity contribution in [3.05, 3.63) is 23.1 Å². The highest BCUT2D eigenvalue weighted by Gasteiger charge is 2.54. The third-order valence-corrected chi connectivity index (χ3v) is 6.40. The molecule has 1 saturated carbocycles. The first kappa shape index (κ1) is 18.1. The van der Waals surface area contributed by atoms with Crippen LogP contribution >= 0.6 is 11.6 Å². The quantitative estimate of drug-likeness (QED) is 0.589. The van der Waals surface area contributed by atoms with Crippen molar-refractivity contribution in [3.8, 4) is 0 Å². The maximum Gasteiger partial charge on any atom is 0.156 e. The number of fused-ring (bicyclic) bond motifs is 1. The number of hydrogen-bond donors (Lipinski definition) is 1. The normalized spacial score (nSPS) is 20.6. The van der Waals surface area contributed by atoms with Crippen LogP contribution in [0.5, 0.6) is 0 Å². The molecule has 1 N–H and O–H groups in total. The molecule has 2 fully saturated rings. The first-order valence-electron chi connectivity index (χ1n) is 8.80. The molecule has 8 nitrogen and oxygen atoms in total. The molecule has 0 bridgehead atoms. The average Bonchev–Trinajstić information content (AvgIpc) is 2.82. The minimum atomic E-state index is -2.24. The first-order valence-corrected chi connectivity index (χ1v) is 10.2. The third-order valence-electron chi connectivity index (χ3n) is 5.38. The number of hydrazine groups is 1. The molecule has 1 spiro atoms. The highest BCUT2D eigenvalue weighted by molar-refractivity contribution is 7.76. The predicted octanol–water partition coefficient (Wildman–Crippen LogP) is 1.67. The zero-order chi connectivity index (χ0) is 18.5. The van der Waals surface area contributed by atoms with Gasteiger partial charge in [-0.3, -0.25) is 4.21 Å². The molecule has 2 aromatic heterocycles. The Morgan fingerprint density at radius 2 is 2.23 bits per heavy atom. The van der Waals surface area contributed by atoms with Crippen LogP contribution in [0.1, 0.15) is 31.7 Å². The fraction of sp³-hybridized carbons (Fsp3) is 0.625. The molecule has 3 heterocycles. The Kier molecular flexibility index (Phi) is 4.68. The van der Waals surface area contributed by atoms with Crippen LogP contribution in [0.3, 0.4) is 0 Å². The summed E-state index contributed by atoms with van der Waals surface area (Å²) >= 11 is 3.98. The summed E-state index contributed by atoms with van der Waals surface area (Å²) < 4.78 is 26.0. The van der Waals surface area contributed by atoms with E-state index in [0.29, 0.717) is 11.7 Å². The molecule has 1 atom stereocenters. The standard InChI is InChI=1S/C16H23ClN6O2S/c1-3-4-19-23(26(24)25)12-6-16(7-12)8-21(9-16)15-14-11(2)5-13(17)22(14)20-10-18-15/h5,10,12,19H,3-4,6-9H2,1-2H3,(H,24,25)/p-1. The van der Waals surface area contributed by atoms with Crippen molar-refractivity contribution < 1.29 is 8.76 Å². The van der Waals surface area contributed by atoms with Gasteiger partial charge in [0.05, 0.1) is 0 Å². The lowest BCUT2D eigenvalue weighted by atomic mass is 9.61. The molecular formula is C16H22ClN6O2S-. The monoisotopic (exact) mass is 397 g/mol. The SMILES string of the molecule is CCCNN(C1CC2(C1)CN(c1ncnn3c(Cl)cc(C)c13)C2)S(=O)[O-]. The van der Waals surface area contributed by atoms with Crippen LogP contribution in [0, 0.1) is 12.3 Å². The first-order chi connectivity index (χ1) is 12.4. The zero-order valence-corrected chi connectivity index (χ0v) is 16.4. The number of nitrogens with one attached hydrogen (secondary N) is 1. The fourth-order valence-electron chi connectivity index (χ4n) is 4.19. The van der Waals surface area contributed by atoms with E-state index in [4.69, 9.17) is 11.6 Å². The Morgan fingerprint density at radius 1 is 1.50 bits per heavy atom. The number of nitrogens with zero attached hydrogens (tertiary/aromatic N) is 5. The van der Waals surface area contributed by atoms with Gasteiger partial charge in [0.1, 0.15) is 17.0 Å². The van der Waals surface area contributed by atoms with Gasteiger partial charge in [0.25, 0.3) is 0 Å². The summed E-state index contributed by atoms with van der Waals surface area (Å²) in [6.07, 6.45) is 4.16. The van der Waals surface area contributed by atoms with E-state index in [1.807, 2.05) is 19.9 Å². The average molecular weight is 398 g/mol. The van der Waals surface area contributed by atoms with Crippen molar-refractivity contribution in [2.45, 2.75) is 39.2 Å². The molecule has 26 heavy (non-hydrogen) atoms. The van der Waals surface area contributed by atoms with Crippen LogP contribution in [0.2, 0.25) is 5.15 Å². The molecule has 2 aromatic rings. The van der Waals surface area contributed by atoms with Gasteiger partial charge in [0, 0.05) is 42.4 Å². The molecule has 1 saturated heterocycles. The highest BCUT2D eigenvalue weighted by Crippen LogP contribution is 2.51. The lowest BCUT2D eigenvalue weighted by Crippen LogP contribution is -2.68. The minimum absolute atomic E-state index is 0.0388. The molecule has 0 aromatic carbocycles. The zero-order valence-electron chi connectivity index (χ0n) is 14.8. The Bertz CT molecular complexity index is 845. The van der Waals surface area contributed by atoms with Crippen molar-refractivity contribution in [1.82, 2.24) is 24.4 Å². The summed E-state index contributed by atoms with van der Waals surface area (Å²) in [6, 6.07) is 1.93. The Morgan fingerprint density at radius 3 is 2.88 bits per heavy atom. The van der Waals surface area contributed by atoms with Gasteiger partial charge in [-0.1, -0.05) is 18.5 Å². The molecule has 4 rings (SSSR count). The smallest absolute Gasteiger partial charge is 0.156 e. The molecule has 1 aliphatic heterocycles. The summed E-state index contributed by atoms with van der Waals surface area (Å²) in [5, 5.41) is 4.80. The molecule has 10 heteroatoms. The van der Waals surface area contributed by atoms with E-state index < -0.39 is 11.3 Å². The van der Waals surface area contributed by atoms with Crippen molar-refractivity contribution in [2.24, 2.45) is 5.41 Å². The second-order valence-electron chi connectivity index (χ2n) is 7.36. The van der Waals surface area contributed by atoms with E-state index in [1.54, 1.807) is 4.52 Å². The predicted molar refractivity (Wildman–Crippen MR) is 99.5 cm³/mol. The Balaban J connectivity index is 1.43. The summed E-state index contributed by atoms with van der Waals surface area (Å²) in [5.41, 5.74) is 5.18. The maximum absolute atomic E-state index is 11.4. The summed E-state index contributed by atoms with van der Waals surface area (Å²) in [5.74, 6) is 0.895. The highest BCUT2D eigenvalue weighted by atomic mass is 35.5. The number of hydrogen-bond acceptors (Lipinski definition) is 6. The minimum Gasteiger partial charge on any atom is -0.759 e. The van der Waals surface area contributed by atoms with Gasteiger partial charge in [-0.25, -0.2) is 14.9 Å². The van der Waals surface area contributed by atoms with E-state index in [0.717, 1.165) is 49.2 Å². The fourth-order valence-corrected chi connectivity index (χ4v) is 5.07. The van der Waals surface area contributed by atoms with Gasteiger partial charge in [-0.2, -0.15) is 9.51 Å². The van der Waals surface area contributed by atoms with Gasteiger partial charge in [0.2, 0.25) is 0 Å². The van der Waals surface area contributed by atoms with Crippen LogP contribution in [-0.4, -0.2) is 53.5 Å². The number of aryl methyl sites for hydroxylation is 1. The van der Waals surface area contributed by atoms with E-state index >= 15 is 0 Å². The summed E-state index contributed by atoms with van der Waals surface area (Å²) in [6.45, 7) is 6.45. The molecular weight excluding hydrogens is 376 g/mol. The second-order valence-corrected chi connectivity index (χ2v) is 8.58. The van der Waals surface area contributed by atoms with Crippen LogP contribution in [-0.2, 0) is 11.3 Å². The Hall–Kier alpha value is -1.26. The number of anilines is 1. The maximum atomic E-state index is 11.4. The summed E-state index contributed by atoms with van der Waals surface area (Å²) in [7, 11) is 0. The van der Waals surface area contributed by atoms with Crippen molar-refractivity contribution in [2.75, 3.05) is 24.5 Å². The van der Waals surface area contributed by atoms with E-state index in [1.165, 1.54) is 10.7 Å². The number of halogens is 1. The van der Waals surface area contributed by atoms with E-state index in [9.17, 15) is 8.76 Å². The Labute approximate surface area is 159 Å². The third kappa shape index (κ3) is 2.91. The summed E-state index contributed by atoms with van der Waals surface area (Å²) in [4.78, 5) is 6.69. The van der Waals surface area contributed by atoms with Crippen molar-refractivity contribution in [3.63, 3.8) is 0 Å². The lowest BCUT2D eigenvalue weighted by Gasteiger charge is -2.61. The van der Waals surface area contributed by atoms with Crippen LogP contribution in [0.25, 0.3) is 5.52 Å². The van der Waals surface area contributed by atoms with Gasteiger partial charge in [-0.15, -0.1) is 0 Å². The van der Waals surface area contributed by atoms with E-state index in [-0.39, 0.29) is 11.5 Å². The van der Waals surface area contributed by atoms with E-state index in [2.05, 4.69) is 20.4 Å². The molecule has 142 valence electrons. The van der Waals surface area contributed by atoms with Crippen molar-refractivity contribution in [1.29, 1.82) is 0 Å². The molecule has 0 amide bonds. The number of aromatic nitrogens is 3. The van der Waals surface area contributed by atoms with Crippen LogP contribution in [0.15, 0.2) is 12.4 Å². The largest absolute Gasteiger partial charge is 0.759 e. The topological polar surface area (TPSA) is 88.8 Å². The molecule has 0 radical (unpaired) electrons. The van der Waals surface area contributed by atoms with Gasteiger partial charge < -0.3 is 9.45 Å².